The molecule has 0 aliphatic carbocycles. The summed E-state index contributed by atoms with van der Waals surface area (Å²) < 4.78 is 31.4. The highest BCUT2D eigenvalue weighted by Crippen LogP contribution is 2.34. The van der Waals surface area contributed by atoms with Crippen molar-refractivity contribution in [1.29, 1.82) is 0 Å². The average Bonchev–Trinajstić information content (AvgIpc) is 2.62. The Kier molecular flexibility index (Phi) is 6.96. The van der Waals surface area contributed by atoms with Gasteiger partial charge >= 0.3 is 0 Å². The molecule has 0 fully saturated rings. The van der Waals surface area contributed by atoms with Gasteiger partial charge in [-0.3, -0.25) is 9.10 Å². The van der Waals surface area contributed by atoms with Crippen molar-refractivity contribution in [2.75, 3.05) is 23.0 Å². The molecule has 0 aliphatic heterocycles. The average molecular weight is 425 g/mol. The van der Waals surface area contributed by atoms with Crippen molar-refractivity contribution >= 4 is 38.9 Å². The molecule has 1 unspecified atom stereocenters. The molecular formula is C20H25ClN2O4S. The van der Waals surface area contributed by atoms with Gasteiger partial charge in [-0.25, -0.2) is 8.42 Å². The summed E-state index contributed by atoms with van der Waals surface area (Å²) in [6.07, 6.45) is 1.78. The van der Waals surface area contributed by atoms with Gasteiger partial charge in [0.15, 0.2) is 0 Å². The fourth-order valence-electron chi connectivity index (χ4n) is 3.05. The number of methoxy groups -OCH3 is 1. The van der Waals surface area contributed by atoms with Gasteiger partial charge in [0.2, 0.25) is 15.9 Å². The highest BCUT2D eigenvalue weighted by Gasteiger charge is 2.32. The summed E-state index contributed by atoms with van der Waals surface area (Å²) in [7, 11) is -2.37. The molecule has 0 aliphatic rings. The van der Waals surface area contributed by atoms with Gasteiger partial charge in [-0.1, -0.05) is 36.7 Å². The third kappa shape index (κ3) is 4.77. The number of ether oxygens (including phenoxy) is 1. The van der Waals surface area contributed by atoms with Crippen molar-refractivity contribution in [3.8, 4) is 5.75 Å². The molecule has 0 saturated heterocycles. The number of halogens is 1. The first kappa shape index (κ1) is 22.0. The van der Waals surface area contributed by atoms with Crippen LogP contribution in [0.4, 0.5) is 11.4 Å². The molecule has 0 bridgehead atoms. The van der Waals surface area contributed by atoms with Gasteiger partial charge < -0.3 is 10.1 Å². The summed E-state index contributed by atoms with van der Waals surface area (Å²) in [4.78, 5) is 13.0. The van der Waals surface area contributed by atoms with Gasteiger partial charge in [0.05, 0.1) is 19.1 Å². The minimum absolute atomic E-state index is 0.209. The lowest BCUT2D eigenvalue weighted by Gasteiger charge is -2.30. The van der Waals surface area contributed by atoms with E-state index >= 15 is 0 Å². The predicted molar refractivity (Wildman–Crippen MR) is 114 cm³/mol. The Balaban J connectivity index is 2.47. The molecule has 1 atom stereocenters. The van der Waals surface area contributed by atoms with Crippen molar-refractivity contribution in [3.63, 3.8) is 0 Å². The number of aryl methyl sites for hydroxylation is 2. The van der Waals surface area contributed by atoms with E-state index in [0.29, 0.717) is 16.5 Å². The number of benzene rings is 2. The summed E-state index contributed by atoms with van der Waals surface area (Å²) in [6, 6.07) is 9.36. The van der Waals surface area contributed by atoms with Crippen LogP contribution in [0, 0.1) is 6.92 Å². The maximum absolute atomic E-state index is 13.0. The van der Waals surface area contributed by atoms with E-state index in [4.69, 9.17) is 16.3 Å². The predicted octanol–water partition coefficient (Wildman–Crippen LogP) is 4.01. The second-order valence-electron chi connectivity index (χ2n) is 6.50. The number of hydrogen-bond donors (Lipinski definition) is 1. The second-order valence-corrected chi connectivity index (χ2v) is 8.80. The van der Waals surface area contributed by atoms with Gasteiger partial charge in [0.1, 0.15) is 11.8 Å². The van der Waals surface area contributed by atoms with E-state index in [0.717, 1.165) is 28.1 Å². The van der Waals surface area contributed by atoms with Crippen LogP contribution in [0.1, 0.15) is 25.0 Å². The number of hydrogen-bond acceptors (Lipinski definition) is 4. The topological polar surface area (TPSA) is 75.7 Å². The molecule has 1 N–H and O–H groups in total. The SMILES string of the molecule is CCc1cccc(C)c1NC(=O)C(C)N(c1cc(Cl)ccc1OC)S(C)(=O)=O. The maximum atomic E-state index is 13.0. The Bertz CT molecular complexity index is 976. The molecular weight excluding hydrogens is 400 g/mol. The summed E-state index contributed by atoms with van der Waals surface area (Å²) >= 11 is 6.06. The zero-order chi connectivity index (χ0) is 21.1. The normalized spacial score (nSPS) is 12.4. The first-order chi connectivity index (χ1) is 13.1. The van der Waals surface area contributed by atoms with Gasteiger partial charge in [-0.05, 0) is 49.6 Å². The number of carbonyl (C=O) groups excluding carboxylic acids is 1. The Morgan fingerprint density at radius 1 is 1.29 bits per heavy atom. The van der Waals surface area contributed by atoms with Gasteiger partial charge in [0.25, 0.3) is 0 Å². The van der Waals surface area contributed by atoms with Crippen LogP contribution in [0.2, 0.25) is 5.02 Å². The monoisotopic (exact) mass is 424 g/mol. The van der Waals surface area contributed by atoms with Crippen molar-refractivity contribution in [3.05, 3.63) is 52.5 Å². The van der Waals surface area contributed by atoms with E-state index in [2.05, 4.69) is 5.32 Å². The maximum Gasteiger partial charge on any atom is 0.248 e. The first-order valence-electron chi connectivity index (χ1n) is 8.82. The molecule has 1 amide bonds. The molecule has 0 radical (unpaired) electrons. The highest BCUT2D eigenvalue weighted by molar-refractivity contribution is 7.92. The zero-order valence-corrected chi connectivity index (χ0v) is 18.2. The molecule has 8 heteroatoms. The quantitative estimate of drug-likeness (QED) is 0.728. The summed E-state index contributed by atoms with van der Waals surface area (Å²) in [6.45, 7) is 5.42. The largest absolute Gasteiger partial charge is 0.495 e. The van der Waals surface area contributed by atoms with Gasteiger partial charge in [-0.2, -0.15) is 0 Å². The summed E-state index contributed by atoms with van der Waals surface area (Å²) in [5, 5.41) is 3.22. The lowest BCUT2D eigenvalue weighted by molar-refractivity contribution is -0.116. The van der Waals surface area contributed by atoms with Gasteiger partial charge in [-0.15, -0.1) is 0 Å². The van der Waals surface area contributed by atoms with E-state index in [1.54, 1.807) is 12.1 Å². The zero-order valence-electron chi connectivity index (χ0n) is 16.6. The lowest BCUT2D eigenvalue weighted by atomic mass is 10.1. The molecule has 2 rings (SSSR count). The van der Waals surface area contributed by atoms with Crippen molar-refractivity contribution < 1.29 is 17.9 Å². The van der Waals surface area contributed by atoms with E-state index in [-0.39, 0.29) is 5.69 Å². The lowest BCUT2D eigenvalue weighted by Crippen LogP contribution is -2.45. The van der Waals surface area contributed by atoms with E-state index in [1.165, 1.54) is 20.1 Å². The number of para-hydroxylation sites is 1. The Morgan fingerprint density at radius 3 is 2.54 bits per heavy atom. The molecule has 2 aromatic carbocycles. The fraction of sp³-hybridized carbons (Fsp3) is 0.350. The van der Waals surface area contributed by atoms with Crippen molar-refractivity contribution in [2.24, 2.45) is 0 Å². The molecule has 152 valence electrons. The summed E-state index contributed by atoms with van der Waals surface area (Å²) in [5.41, 5.74) is 2.80. The molecule has 0 saturated carbocycles. The van der Waals surface area contributed by atoms with Crippen LogP contribution in [-0.4, -0.2) is 33.7 Å². The standard InChI is InChI=1S/C20H25ClN2O4S/c1-6-15-9-7-8-13(2)19(15)22-20(24)14(3)23(28(5,25)26)17-12-16(21)10-11-18(17)27-4/h7-12,14H,6H2,1-5H3,(H,22,24). The van der Waals surface area contributed by atoms with Gasteiger partial charge in [0, 0.05) is 10.7 Å². The number of sulfonamides is 1. The van der Waals surface area contributed by atoms with E-state index in [9.17, 15) is 13.2 Å². The highest BCUT2D eigenvalue weighted by atomic mass is 35.5. The molecule has 6 nitrogen and oxygen atoms in total. The number of carbonyl (C=O) groups is 1. The number of nitrogens with zero attached hydrogens (tertiary/aromatic N) is 1. The first-order valence-corrected chi connectivity index (χ1v) is 11.0. The second kappa shape index (κ2) is 8.84. The number of nitrogens with one attached hydrogen (secondary N) is 1. The van der Waals surface area contributed by atoms with Crippen molar-refractivity contribution in [2.45, 2.75) is 33.2 Å². The smallest absolute Gasteiger partial charge is 0.248 e. The van der Waals surface area contributed by atoms with Crippen LogP contribution in [0.3, 0.4) is 0 Å². The molecule has 0 aromatic heterocycles. The molecule has 0 spiro atoms. The van der Waals surface area contributed by atoms with Crippen LogP contribution in [0.15, 0.2) is 36.4 Å². The summed E-state index contributed by atoms with van der Waals surface area (Å²) in [5.74, 6) is -0.143. The van der Waals surface area contributed by atoms with E-state index < -0.39 is 22.0 Å². The molecule has 0 heterocycles. The van der Waals surface area contributed by atoms with Crippen LogP contribution in [0.25, 0.3) is 0 Å². The number of rotatable bonds is 7. The minimum atomic E-state index is -3.80. The minimum Gasteiger partial charge on any atom is -0.495 e. The fourth-order valence-corrected chi connectivity index (χ4v) is 4.38. The number of anilines is 2. The Hall–Kier alpha value is -2.25. The van der Waals surface area contributed by atoms with Crippen LogP contribution < -0.4 is 14.4 Å². The van der Waals surface area contributed by atoms with Crippen LogP contribution >= 0.6 is 11.6 Å². The van der Waals surface area contributed by atoms with Crippen molar-refractivity contribution in [1.82, 2.24) is 0 Å². The van der Waals surface area contributed by atoms with Crippen LogP contribution in [-0.2, 0) is 21.2 Å². The molecule has 28 heavy (non-hydrogen) atoms. The Labute approximate surface area is 171 Å². The Morgan fingerprint density at radius 2 is 1.96 bits per heavy atom. The third-order valence-electron chi connectivity index (χ3n) is 4.46. The third-order valence-corrected chi connectivity index (χ3v) is 5.92. The molecule has 2 aromatic rings. The van der Waals surface area contributed by atoms with Crippen LogP contribution in [0.5, 0.6) is 5.75 Å². The number of amides is 1. The van der Waals surface area contributed by atoms with E-state index in [1.807, 2.05) is 32.0 Å².